The number of nitrogens with one attached hydrogen (secondary N) is 1. The first kappa shape index (κ1) is 21.8. The molecular weight excluding hydrogens is 344 g/mol. The molecule has 0 radical (unpaired) electrons. The van der Waals surface area contributed by atoms with Crippen LogP contribution in [0.15, 0.2) is 12.7 Å². The Morgan fingerprint density at radius 3 is 2.27 bits per heavy atom. The molecule has 1 aliphatic heterocycles. The summed E-state index contributed by atoms with van der Waals surface area (Å²) in [6.45, 7) is 9.44. The topological polar surface area (TPSA) is 114 Å². The zero-order valence-electron chi connectivity index (χ0n) is 15.7. The molecule has 148 valence electrons. The maximum absolute atomic E-state index is 12.6. The number of alkyl carbamates (subject to hydrolysis) is 1. The second-order valence-electron chi connectivity index (χ2n) is 7.14. The SMILES string of the molecule is C=CC[C@@](NC(=O)OC(C)(C)C)(C(=O)OC)C1CCN(OC(=O)O)CC1. The van der Waals surface area contributed by atoms with Crippen LogP contribution in [0.5, 0.6) is 0 Å². The number of esters is 1. The molecule has 1 rings (SSSR count). The first-order valence-electron chi connectivity index (χ1n) is 8.40. The molecule has 0 unspecified atom stereocenters. The van der Waals surface area contributed by atoms with Gasteiger partial charge in [-0.2, -0.15) is 0 Å². The minimum absolute atomic E-state index is 0.156. The zero-order chi connectivity index (χ0) is 20.0. The lowest BCUT2D eigenvalue weighted by Gasteiger charge is -2.42. The van der Waals surface area contributed by atoms with Crippen LogP contribution in [0, 0.1) is 5.92 Å². The molecule has 1 saturated heterocycles. The molecular formula is C17H28N2O7. The number of rotatable bonds is 6. The average Bonchev–Trinajstić information content (AvgIpc) is 2.51. The van der Waals surface area contributed by atoms with E-state index in [1.54, 1.807) is 20.8 Å². The van der Waals surface area contributed by atoms with Crippen molar-refractivity contribution < 1.29 is 33.8 Å². The van der Waals surface area contributed by atoms with Crippen molar-refractivity contribution in [2.75, 3.05) is 20.2 Å². The molecule has 1 fully saturated rings. The molecule has 1 heterocycles. The van der Waals surface area contributed by atoms with Gasteiger partial charge in [0.05, 0.1) is 7.11 Å². The molecule has 1 atom stereocenters. The number of methoxy groups -OCH3 is 1. The van der Waals surface area contributed by atoms with E-state index in [1.807, 2.05) is 0 Å². The molecule has 2 N–H and O–H groups in total. The summed E-state index contributed by atoms with van der Waals surface area (Å²) in [6, 6.07) is 0. The minimum Gasteiger partial charge on any atom is -0.467 e. The van der Waals surface area contributed by atoms with E-state index >= 15 is 0 Å². The van der Waals surface area contributed by atoms with Gasteiger partial charge in [-0.3, -0.25) is 0 Å². The summed E-state index contributed by atoms with van der Waals surface area (Å²) in [5.74, 6) is -0.894. The van der Waals surface area contributed by atoms with Crippen LogP contribution < -0.4 is 5.32 Å². The van der Waals surface area contributed by atoms with Crippen molar-refractivity contribution >= 4 is 18.2 Å². The molecule has 9 heteroatoms. The number of carbonyl (C=O) groups excluding carboxylic acids is 2. The third kappa shape index (κ3) is 5.91. The number of carboxylic acid groups (broad SMARTS) is 1. The van der Waals surface area contributed by atoms with Gasteiger partial charge < -0.3 is 24.7 Å². The molecule has 0 spiro atoms. The molecule has 0 aromatic rings. The van der Waals surface area contributed by atoms with Gasteiger partial charge >= 0.3 is 18.2 Å². The Labute approximate surface area is 153 Å². The largest absolute Gasteiger partial charge is 0.525 e. The average molecular weight is 372 g/mol. The smallest absolute Gasteiger partial charge is 0.467 e. The summed E-state index contributed by atoms with van der Waals surface area (Å²) in [4.78, 5) is 40.2. The Kier molecular flexibility index (Phi) is 7.43. The number of carbonyl (C=O) groups is 3. The van der Waals surface area contributed by atoms with E-state index < -0.39 is 29.4 Å². The van der Waals surface area contributed by atoms with E-state index in [9.17, 15) is 14.4 Å². The Morgan fingerprint density at radius 2 is 1.85 bits per heavy atom. The van der Waals surface area contributed by atoms with Crippen LogP contribution in [-0.2, 0) is 19.1 Å². The number of hydroxylamine groups is 2. The first-order valence-corrected chi connectivity index (χ1v) is 8.40. The van der Waals surface area contributed by atoms with E-state index in [2.05, 4.69) is 16.7 Å². The molecule has 0 aliphatic carbocycles. The van der Waals surface area contributed by atoms with Gasteiger partial charge in [0, 0.05) is 13.1 Å². The molecule has 1 amide bonds. The van der Waals surface area contributed by atoms with Crippen LogP contribution in [0.3, 0.4) is 0 Å². The van der Waals surface area contributed by atoms with Crippen molar-refractivity contribution in [2.24, 2.45) is 5.92 Å². The Hall–Kier alpha value is -2.29. The normalized spacial score (nSPS) is 18.3. The Balaban J connectivity index is 3.01. The van der Waals surface area contributed by atoms with Crippen molar-refractivity contribution in [1.29, 1.82) is 0 Å². The standard InChI is InChI=1S/C17H28N2O7/c1-6-9-17(13(20)24-5,18-14(21)25-16(2,3)4)12-7-10-19(11-8-12)26-15(22)23/h6,12H,1,7-11H2,2-5H3,(H,18,21)(H,22,23)/t17-/m0/s1. The lowest BCUT2D eigenvalue weighted by atomic mass is 9.75. The molecule has 0 aromatic heterocycles. The predicted octanol–water partition coefficient (Wildman–Crippen LogP) is 2.32. The zero-order valence-corrected chi connectivity index (χ0v) is 15.7. The maximum atomic E-state index is 12.6. The lowest BCUT2D eigenvalue weighted by molar-refractivity contribution is -0.160. The van der Waals surface area contributed by atoms with E-state index in [4.69, 9.17) is 14.6 Å². The summed E-state index contributed by atoms with van der Waals surface area (Å²) in [5, 5.41) is 12.7. The van der Waals surface area contributed by atoms with Crippen LogP contribution in [0.4, 0.5) is 9.59 Å². The highest BCUT2D eigenvalue weighted by Gasteiger charge is 2.49. The van der Waals surface area contributed by atoms with Crippen LogP contribution in [0.1, 0.15) is 40.0 Å². The first-order chi connectivity index (χ1) is 12.0. The second-order valence-corrected chi connectivity index (χ2v) is 7.14. The maximum Gasteiger partial charge on any atom is 0.525 e. The second kappa shape index (κ2) is 8.88. The van der Waals surface area contributed by atoms with Gasteiger partial charge in [0.15, 0.2) is 0 Å². The third-order valence-electron chi connectivity index (χ3n) is 4.10. The number of nitrogens with zero attached hydrogens (tertiary/aromatic N) is 1. The van der Waals surface area contributed by atoms with Crippen molar-refractivity contribution in [1.82, 2.24) is 10.4 Å². The number of ether oxygens (including phenoxy) is 2. The van der Waals surface area contributed by atoms with Crippen LogP contribution in [0.25, 0.3) is 0 Å². The fraction of sp³-hybridized carbons (Fsp3) is 0.706. The van der Waals surface area contributed by atoms with Gasteiger partial charge in [-0.25, -0.2) is 14.4 Å². The molecule has 26 heavy (non-hydrogen) atoms. The summed E-state index contributed by atoms with van der Waals surface area (Å²) in [7, 11) is 1.25. The fourth-order valence-corrected chi connectivity index (χ4v) is 3.07. The summed E-state index contributed by atoms with van der Waals surface area (Å²) >= 11 is 0. The summed E-state index contributed by atoms with van der Waals surface area (Å²) in [5.41, 5.74) is -2.06. The number of hydrogen-bond acceptors (Lipinski definition) is 7. The van der Waals surface area contributed by atoms with E-state index in [1.165, 1.54) is 18.2 Å². The van der Waals surface area contributed by atoms with Gasteiger partial charge in [0.2, 0.25) is 0 Å². The number of amides is 1. The van der Waals surface area contributed by atoms with Crippen molar-refractivity contribution in [3.8, 4) is 0 Å². The number of piperidine rings is 1. The van der Waals surface area contributed by atoms with Gasteiger partial charge in [0.1, 0.15) is 11.1 Å². The highest BCUT2D eigenvalue weighted by atomic mass is 16.8. The van der Waals surface area contributed by atoms with Crippen molar-refractivity contribution in [2.45, 2.75) is 51.2 Å². The van der Waals surface area contributed by atoms with E-state index in [-0.39, 0.29) is 12.3 Å². The number of hydrogen-bond donors (Lipinski definition) is 2. The minimum atomic E-state index is -1.39. The third-order valence-corrected chi connectivity index (χ3v) is 4.10. The van der Waals surface area contributed by atoms with Crippen molar-refractivity contribution in [3.05, 3.63) is 12.7 Å². The fourth-order valence-electron chi connectivity index (χ4n) is 3.07. The molecule has 0 bridgehead atoms. The lowest BCUT2D eigenvalue weighted by Crippen LogP contribution is -2.62. The highest BCUT2D eigenvalue weighted by Crippen LogP contribution is 2.33. The van der Waals surface area contributed by atoms with Gasteiger partial charge in [-0.05, 0) is 46.0 Å². The quantitative estimate of drug-likeness (QED) is 0.539. The van der Waals surface area contributed by atoms with Gasteiger partial charge in [-0.1, -0.05) is 6.08 Å². The monoisotopic (exact) mass is 372 g/mol. The predicted molar refractivity (Wildman–Crippen MR) is 92.3 cm³/mol. The van der Waals surface area contributed by atoms with E-state index in [0.717, 1.165) is 0 Å². The molecule has 0 aromatic carbocycles. The van der Waals surface area contributed by atoms with E-state index in [0.29, 0.717) is 25.9 Å². The van der Waals surface area contributed by atoms with Crippen LogP contribution in [0.2, 0.25) is 0 Å². The molecule has 9 nitrogen and oxygen atoms in total. The highest BCUT2D eigenvalue weighted by molar-refractivity contribution is 5.86. The van der Waals surface area contributed by atoms with Crippen LogP contribution in [-0.4, -0.2) is 59.7 Å². The summed E-state index contributed by atoms with van der Waals surface area (Å²) < 4.78 is 10.2. The Morgan fingerprint density at radius 1 is 1.27 bits per heavy atom. The van der Waals surface area contributed by atoms with Crippen molar-refractivity contribution in [3.63, 3.8) is 0 Å². The molecule has 1 aliphatic rings. The summed E-state index contributed by atoms with van der Waals surface area (Å²) in [6.07, 6.45) is 0.421. The van der Waals surface area contributed by atoms with Gasteiger partial charge in [-0.15, -0.1) is 11.6 Å². The van der Waals surface area contributed by atoms with Crippen LogP contribution >= 0.6 is 0 Å². The Bertz CT molecular complexity index is 536. The molecule has 0 saturated carbocycles. The van der Waals surface area contributed by atoms with Gasteiger partial charge in [0.25, 0.3) is 0 Å².